The maximum atomic E-state index is 12.9. The molecule has 1 atom stereocenters. The van der Waals surface area contributed by atoms with Crippen molar-refractivity contribution in [3.8, 4) is 17.0 Å². The van der Waals surface area contributed by atoms with Crippen LogP contribution in [0, 0.1) is 0 Å². The van der Waals surface area contributed by atoms with Crippen LogP contribution in [0.25, 0.3) is 11.3 Å². The number of carboxylic acids is 1. The summed E-state index contributed by atoms with van der Waals surface area (Å²) in [6, 6.07) is 13.8. The summed E-state index contributed by atoms with van der Waals surface area (Å²) in [6.07, 6.45) is -0.346. The van der Waals surface area contributed by atoms with E-state index < -0.39 is 17.9 Å². The first kappa shape index (κ1) is 22.9. The Hall–Kier alpha value is -2.80. The molecule has 0 saturated carbocycles. The van der Waals surface area contributed by atoms with Crippen LogP contribution in [-0.4, -0.2) is 29.1 Å². The first-order valence-corrected chi connectivity index (χ1v) is 10.2. The lowest BCUT2D eigenvalue weighted by Crippen LogP contribution is -2.31. The van der Waals surface area contributed by atoms with Crippen LogP contribution < -0.4 is 10.1 Å². The number of aliphatic carboxylic acids is 1. The van der Waals surface area contributed by atoms with Crippen molar-refractivity contribution in [2.24, 2.45) is 0 Å². The Morgan fingerprint density at radius 2 is 1.81 bits per heavy atom. The third-order valence-electron chi connectivity index (χ3n) is 4.46. The summed E-state index contributed by atoms with van der Waals surface area (Å²) in [5.74, 6) is -1.24. The van der Waals surface area contributed by atoms with Gasteiger partial charge in [-0.05, 0) is 42.0 Å². The van der Waals surface area contributed by atoms with Gasteiger partial charge in [0.15, 0.2) is 0 Å². The number of amides is 1. The number of carbonyl (C=O) groups is 2. The van der Waals surface area contributed by atoms with Crippen LogP contribution in [-0.2, 0) is 4.79 Å². The highest BCUT2D eigenvalue weighted by Gasteiger charge is 2.23. The zero-order valence-corrected chi connectivity index (χ0v) is 18.5. The molecular formula is C22H17Cl3N2O4. The van der Waals surface area contributed by atoms with E-state index in [4.69, 9.17) is 39.5 Å². The van der Waals surface area contributed by atoms with Gasteiger partial charge in [0.05, 0.1) is 24.6 Å². The fourth-order valence-electron chi connectivity index (χ4n) is 3.02. The molecular weight excluding hydrogens is 463 g/mol. The minimum Gasteiger partial charge on any atom is -0.494 e. The molecule has 6 nitrogen and oxygen atoms in total. The second-order valence-electron chi connectivity index (χ2n) is 6.52. The van der Waals surface area contributed by atoms with Gasteiger partial charge in [0.1, 0.15) is 17.1 Å². The number of carbonyl (C=O) groups excluding carboxylic acids is 1. The van der Waals surface area contributed by atoms with E-state index in [-0.39, 0.29) is 12.1 Å². The molecule has 1 heterocycles. The molecule has 1 aromatic heterocycles. The maximum Gasteiger partial charge on any atom is 0.305 e. The second-order valence-corrected chi connectivity index (χ2v) is 7.77. The van der Waals surface area contributed by atoms with Gasteiger partial charge in [0.2, 0.25) is 0 Å². The fraction of sp³-hybridized carbons (Fsp3) is 0.136. The Labute approximate surface area is 193 Å². The molecule has 3 aromatic rings. The molecule has 0 saturated heterocycles. The zero-order chi connectivity index (χ0) is 22.5. The predicted octanol–water partition coefficient (Wildman–Crippen LogP) is 5.66. The quantitative estimate of drug-likeness (QED) is 0.456. The summed E-state index contributed by atoms with van der Waals surface area (Å²) in [4.78, 5) is 28.7. The normalized spacial score (nSPS) is 11.6. The summed E-state index contributed by atoms with van der Waals surface area (Å²) in [7, 11) is 1.48. The number of carboxylic acid groups (broad SMARTS) is 1. The van der Waals surface area contributed by atoms with Crippen LogP contribution in [0.4, 0.5) is 0 Å². The third-order valence-corrected chi connectivity index (χ3v) is 5.35. The van der Waals surface area contributed by atoms with Crippen molar-refractivity contribution in [1.82, 2.24) is 10.3 Å². The topological polar surface area (TPSA) is 88.5 Å². The van der Waals surface area contributed by atoms with Crippen LogP contribution in [0.15, 0.2) is 54.6 Å². The molecule has 0 bridgehead atoms. The van der Waals surface area contributed by atoms with E-state index in [1.54, 1.807) is 48.5 Å². The Balaban J connectivity index is 1.97. The number of methoxy groups -OCH3 is 1. The van der Waals surface area contributed by atoms with Crippen LogP contribution in [0.1, 0.15) is 28.5 Å². The highest BCUT2D eigenvalue weighted by atomic mass is 35.5. The average Bonchev–Trinajstić information content (AvgIpc) is 2.73. The summed E-state index contributed by atoms with van der Waals surface area (Å²) < 4.78 is 5.36. The van der Waals surface area contributed by atoms with Crippen molar-refractivity contribution in [2.75, 3.05) is 7.11 Å². The number of hydrogen-bond acceptors (Lipinski definition) is 4. The molecule has 0 radical (unpaired) electrons. The number of pyridine rings is 1. The first-order chi connectivity index (χ1) is 14.8. The van der Waals surface area contributed by atoms with E-state index >= 15 is 0 Å². The van der Waals surface area contributed by atoms with E-state index in [1.807, 2.05) is 0 Å². The average molecular weight is 480 g/mol. The minimum absolute atomic E-state index is 0.0595. The molecule has 160 valence electrons. The first-order valence-electron chi connectivity index (χ1n) is 9.07. The molecule has 0 spiro atoms. The summed E-state index contributed by atoms with van der Waals surface area (Å²) in [6.45, 7) is 0. The van der Waals surface area contributed by atoms with Gasteiger partial charge in [-0.25, -0.2) is 4.98 Å². The Morgan fingerprint density at radius 1 is 1.06 bits per heavy atom. The lowest BCUT2D eigenvalue weighted by molar-refractivity contribution is -0.137. The number of hydrogen-bond donors (Lipinski definition) is 2. The van der Waals surface area contributed by atoms with Crippen molar-refractivity contribution < 1.29 is 19.4 Å². The van der Waals surface area contributed by atoms with Gasteiger partial charge in [-0.1, -0.05) is 53.0 Å². The highest BCUT2D eigenvalue weighted by Crippen LogP contribution is 2.35. The van der Waals surface area contributed by atoms with E-state index in [0.717, 1.165) is 0 Å². The third kappa shape index (κ3) is 5.47. The van der Waals surface area contributed by atoms with Gasteiger partial charge in [-0.3, -0.25) is 9.59 Å². The van der Waals surface area contributed by atoms with Crippen LogP contribution in [0.5, 0.6) is 5.75 Å². The zero-order valence-electron chi connectivity index (χ0n) is 16.2. The van der Waals surface area contributed by atoms with E-state index in [9.17, 15) is 14.7 Å². The number of nitrogens with one attached hydrogen (secondary N) is 1. The standard InChI is InChI=1S/C22H17Cl3N2O4/c1-31-19-9-8-17(26-21(19)14-7-6-12(23)10-16(14)25)22(30)27-18(11-20(28)29)13-4-2-3-5-15(13)24/h2-10,18H,11H2,1H3,(H,27,30)(H,28,29)/t18-/m0/s1. The molecule has 9 heteroatoms. The van der Waals surface area contributed by atoms with Crippen molar-refractivity contribution >= 4 is 46.7 Å². The number of aromatic nitrogens is 1. The van der Waals surface area contributed by atoms with Crippen molar-refractivity contribution in [1.29, 1.82) is 0 Å². The SMILES string of the molecule is COc1ccc(C(=O)N[C@@H](CC(=O)O)c2ccccc2Cl)nc1-c1ccc(Cl)cc1Cl. The monoisotopic (exact) mass is 478 g/mol. The second kappa shape index (κ2) is 10.0. The van der Waals surface area contributed by atoms with E-state index in [1.165, 1.54) is 13.2 Å². The van der Waals surface area contributed by atoms with Crippen LogP contribution in [0.3, 0.4) is 0 Å². The summed E-state index contributed by atoms with van der Waals surface area (Å²) in [5, 5.41) is 13.1. The molecule has 3 rings (SSSR count). The van der Waals surface area contributed by atoms with E-state index in [2.05, 4.69) is 10.3 Å². The molecule has 0 aliphatic rings. The number of halogens is 3. The molecule has 2 aromatic carbocycles. The Morgan fingerprint density at radius 3 is 2.45 bits per heavy atom. The molecule has 0 aliphatic carbocycles. The molecule has 31 heavy (non-hydrogen) atoms. The minimum atomic E-state index is -1.08. The van der Waals surface area contributed by atoms with Gasteiger partial charge in [0, 0.05) is 15.6 Å². The molecule has 0 unspecified atom stereocenters. The largest absolute Gasteiger partial charge is 0.494 e. The summed E-state index contributed by atoms with van der Waals surface area (Å²) in [5.41, 5.74) is 1.44. The summed E-state index contributed by atoms with van der Waals surface area (Å²) >= 11 is 18.5. The van der Waals surface area contributed by atoms with E-state index in [0.29, 0.717) is 37.6 Å². The van der Waals surface area contributed by atoms with Crippen LogP contribution >= 0.6 is 34.8 Å². The lowest BCUT2D eigenvalue weighted by Gasteiger charge is -2.19. The molecule has 0 fully saturated rings. The number of ether oxygens (including phenoxy) is 1. The van der Waals surface area contributed by atoms with Crippen LogP contribution in [0.2, 0.25) is 15.1 Å². The highest BCUT2D eigenvalue weighted by molar-refractivity contribution is 6.36. The number of nitrogens with zero attached hydrogens (tertiary/aromatic N) is 1. The molecule has 1 amide bonds. The smallest absolute Gasteiger partial charge is 0.305 e. The van der Waals surface area contributed by atoms with Gasteiger partial charge < -0.3 is 15.2 Å². The molecule has 0 aliphatic heterocycles. The van der Waals surface area contributed by atoms with Gasteiger partial charge in [-0.15, -0.1) is 0 Å². The van der Waals surface area contributed by atoms with Crippen molar-refractivity contribution in [3.63, 3.8) is 0 Å². The van der Waals surface area contributed by atoms with Crippen molar-refractivity contribution in [3.05, 3.63) is 80.9 Å². The fourth-order valence-corrected chi connectivity index (χ4v) is 3.78. The molecule has 2 N–H and O–H groups in total. The Bertz CT molecular complexity index is 1140. The van der Waals surface area contributed by atoms with Crippen molar-refractivity contribution in [2.45, 2.75) is 12.5 Å². The number of benzene rings is 2. The van der Waals surface area contributed by atoms with Gasteiger partial charge in [0.25, 0.3) is 5.91 Å². The van der Waals surface area contributed by atoms with Gasteiger partial charge >= 0.3 is 5.97 Å². The maximum absolute atomic E-state index is 12.9. The number of rotatable bonds is 7. The van der Waals surface area contributed by atoms with Gasteiger partial charge in [-0.2, -0.15) is 0 Å². The Kier molecular flexibility index (Phi) is 7.38. The predicted molar refractivity (Wildman–Crippen MR) is 120 cm³/mol. The lowest BCUT2D eigenvalue weighted by atomic mass is 10.0.